The van der Waals surface area contributed by atoms with Gasteiger partial charge in [-0.05, 0) is 55.9 Å². The van der Waals surface area contributed by atoms with Gasteiger partial charge in [-0.15, -0.1) is 0 Å². The fourth-order valence-electron chi connectivity index (χ4n) is 4.26. The van der Waals surface area contributed by atoms with Gasteiger partial charge in [-0.3, -0.25) is 0 Å². The van der Waals surface area contributed by atoms with Crippen LogP contribution in [-0.2, 0) is 4.74 Å². The van der Waals surface area contributed by atoms with E-state index >= 15 is 0 Å². The molecule has 2 aliphatic rings. The monoisotopic (exact) mass is 383 g/mol. The highest BCUT2D eigenvalue weighted by atomic mass is 16.5. The third-order valence-electron chi connectivity index (χ3n) is 5.69. The lowest BCUT2D eigenvalue weighted by molar-refractivity contribution is -0.0231. The minimum absolute atomic E-state index is 0.299. The molecule has 1 saturated carbocycles. The second kappa shape index (κ2) is 7.75. The van der Waals surface area contributed by atoms with Gasteiger partial charge in [0.05, 0.1) is 18.8 Å². The van der Waals surface area contributed by atoms with E-state index in [1.165, 1.54) is 7.11 Å². The van der Waals surface area contributed by atoms with E-state index in [2.05, 4.69) is 14.9 Å². The van der Waals surface area contributed by atoms with E-state index in [9.17, 15) is 9.90 Å². The van der Waals surface area contributed by atoms with Crippen molar-refractivity contribution in [3.05, 3.63) is 47.8 Å². The minimum Gasteiger partial charge on any atom is -0.488 e. The first-order valence-corrected chi connectivity index (χ1v) is 9.61. The zero-order valence-electron chi connectivity index (χ0n) is 16.1. The van der Waals surface area contributed by atoms with Crippen molar-refractivity contribution in [3.8, 4) is 5.75 Å². The minimum atomic E-state index is -0.540. The second-order valence-corrected chi connectivity index (χ2v) is 7.64. The predicted molar refractivity (Wildman–Crippen MR) is 103 cm³/mol. The Labute approximate surface area is 164 Å². The summed E-state index contributed by atoms with van der Waals surface area (Å²) in [5.41, 5.74) is 1.39. The summed E-state index contributed by atoms with van der Waals surface area (Å²) in [7, 11) is 1.35. The summed E-state index contributed by atoms with van der Waals surface area (Å²) < 4.78 is 10.8. The van der Waals surface area contributed by atoms with Crippen LogP contribution in [0.25, 0.3) is 0 Å². The van der Waals surface area contributed by atoms with E-state index in [0.29, 0.717) is 29.6 Å². The molecular weight excluding hydrogens is 358 g/mol. The van der Waals surface area contributed by atoms with Crippen molar-refractivity contribution in [3.63, 3.8) is 0 Å². The highest BCUT2D eigenvalue weighted by Crippen LogP contribution is 2.39. The van der Waals surface area contributed by atoms with Gasteiger partial charge < -0.3 is 19.5 Å². The topological polar surface area (TPSA) is 84.8 Å². The number of fused-ring (bicyclic) bond motifs is 1. The summed E-state index contributed by atoms with van der Waals surface area (Å²) in [6, 6.07) is 8.79. The molecule has 28 heavy (non-hydrogen) atoms. The lowest BCUT2D eigenvalue weighted by atomic mass is 9.78. The molecule has 0 spiro atoms. The zero-order valence-corrected chi connectivity index (χ0v) is 16.1. The third kappa shape index (κ3) is 3.80. The van der Waals surface area contributed by atoms with Crippen molar-refractivity contribution in [1.82, 2.24) is 9.97 Å². The highest BCUT2D eigenvalue weighted by Gasteiger charge is 2.43. The average molecular weight is 383 g/mol. The van der Waals surface area contributed by atoms with Crippen molar-refractivity contribution in [2.75, 3.05) is 25.1 Å². The molecule has 2 heterocycles. The van der Waals surface area contributed by atoms with Crippen LogP contribution in [0.4, 0.5) is 5.95 Å². The summed E-state index contributed by atoms with van der Waals surface area (Å²) >= 11 is 0. The Morgan fingerprint density at radius 2 is 2.00 bits per heavy atom. The van der Waals surface area contributed by atoms with Crippen LogP contribution in [0.2, 0.25) is 0 Å². The molecule has 1 saturated heterocycles. The van der Waals surface area contributed by atoms with Crippen molar-refractivity contribution in [1.29, 1.82) is 0 Å². The molecule has 0 radical (unpaired) electrons. The molecule has 4 rings (SSSR count). The number of aliphatic hydroxyl groups is 1. The van der Waals surface area contributed by atoms with Crippen LogP contribution in [0.5, 0.6) is 5.75 Å². The maximum atomic E-state index is 11.7. The summed E-state index contributed by atoms with van der Waals surface area (Å²) in [6.07, 6.45) is 2.40. The van der Waals surface area contributed by atoms with E-state index in [4.69, 9.17) is 9.47 Å². The number of benzene rings is 1. The Morgan fingerprint density at radius 3 is 2.75 bits per heavy atom. The lowest BCUT2D eigenvalue weighted by Gasteiger charge is -2.35. The molecule has 2 fully saturated rings. The number of hydrogen-bond donors (Lipinski definition) is 1. The molecule has 148 valence electrons. The summed E-state index contributed by atoms with van der Waals surface area (Å²) in [4.78, 5) is 22.9. The maximum absolute atomic E-state index is 11.7. The van der Waals surface area contributed by atoms with Crippen molar-refractivity contribution >= 4 is 11.9 Å². The first-order valence-electron chi connectivity index (χ1n) is 9.61. The quantitative estimate of drug-likeness (QED) is 0.811. The number of ether oxygens (including phenoxy) is 2. The molecule has 1 aliphatic heterocycles. The van der Waals surface area contributed by atoms with E-state index in [0.717, 1.165) is 31.2 Å². The van der Waals surface area contributed by atoms with Crippen LogP contribution in [-0.4, -0.2) is 53.5 Å². The molecule has 1 aliphatic carbocycles. The smallest absolute Gasteiger partial charge is 0.337 e. The van der Waals surface area contributed by atoms with Gasteiger partial charge in [0.2, 0.25) is 5.95 Å². The maximum Gasteiger partial charge on any atom is 0.337 e. The van der Waals surface area contributed by atoms with Gasteiger partial charge >= 0.3 is 5.97 Å². The molecule has 4 atom stereocenters. The van der Waals surface area contributed by atoms with Crippen LogP contribution in [0.1, 0.15) is 28.9 Å². The molecule has 2 aromatic rings. The van der Waals surface area contributed by atoms with E-state index in [-0.39, 0.29) is 6.10 Å². The van der Waals surface area contributed by atoms with Crippen LogP contribution in [0, 0.1) is 18.8 Å². The van der Waals surface area contributed by atoms with Crippen LogP contribution in [0.3, 0.4) is 0 Å². The Morgan fingerprint density at radius 1 is 1.21 bits per heavy atom. The number of nitrogens with zero attached hydrogens (tertiary/aromatic N) is 3. The molecular formula is C21H25N3O4. The van der Waals surface area contributed by atoms with Gasteiger partial charge in [0.25, 0.3) is 0 Å². The van der Waals surface area contributed by atoms with Crippen LogP contribution in [0.15, 0.2) is 36.5 Å². The van der Waals surface area contributed by atoms with Gasteiger partial charge in [0.1, 0.15) is 11.9 Å². The first kappa shape index (κ1) is 18.7. The van der Waals surface area contributed by atoms with E-state index < -0.39 is 12.1 Å². The Hall–Kier alpha value is -2.67. The number of carbonyl (C=O) groups is 1. The first-order chi connectivity index (χ1) is 13.5. The molecule has 0 bridgehead atoms. The van der Waals surface area contributed by atoms with Crippen LogP contribution >= 0.6 is 0 Å². The molecule has 0 unspecified atom stereocenters. The number of aryl methyl sites for hydroxylation is 1. The van der Waals surface area contributed by atoms with Gasteiger partial charge in [-0.25, -0.2) is 14.8 Å². The van der Waals surface area contributed by atoms with Gasteiger partial charge in [-0.1, -0.05) is 6.07 Å². The molecule has 0 amide bonds. The van der Waals surface area contributed by atoms with Gasteiger partial charge in [-0.2, -0.15) is 0 Å². The molecule has 1 N–H and O–H groups in total. The number of esters is 1. The average Bonchev–Trinajstić information content (AvgIpc) is 3.10. The Kier molecular flexibility index (Phi) is 5.17. The lowest BCUT2D eigenvalue weighted by Crippen LogP contribution is -2.42. The number of hydrogen-bond acceptors (Lipinski definition) is 7. The Balaban J connectivity index is 1.44. The largest absolute Gasteiger partial charge is 0.488 e. The number of rotatable bonds is 4. The van der Waals surface area contributed by atoms with Gasteiger partial charge in [0.15, 0.2) is 0 Å². The number of methoxy groups -OCH3 is 1. The number of anilines is 1. The standard InChI is InChI=1S/C21H25N3O4/c1-13-6-7-22-21(23-13)24-11-15-9-18(25)19(10-16(15)12-24)28-17-5-3-4-14(8-17)20(26)27-2/h3-8,15-16,18-19,25H,9-12H2,1-2H3/t15-,16+,18+,19+/m0/s1. The molecule has 7 nitrogen and oxygen atoms in total. The molecule has 1 aromatic carbocycles. The molecule has 7 heteroatoms. The van der Waals surface area contributed by atoms with Gasteiger partial charge in [0, 0.05) is 25.0 Å². The summed E-state index contributed by atoms with van der Waals surface area (Å²) in [5, 5.41) is 10.6. The van der Waals surface area contributed by atoms with Crippen LogP contribution < -0.4 is 9.64 Å². The number of aromatic nitrogens is 2. The predicted octanol–water partition coefficient (Wildman–Crippen LogP) is 2.23. The number of carbonyl (C=O) groups excluding carboxylic acids is 1. The second-order valence-electron chi connectivity index (χ2n) is 7.64. The third-order valence-corrected chi connectivity index (χ3v) is 5.69. The SMILES string of the molecule is COC(=O)c1cccc(O[C@@H]2C[C@@H]3CN(c4nccc(C)n4)C[C@@H]3C[C@H]2O)c1. The fraction of sp³-hybridized carbons (Fsp3) is 0.476. The molecule has 1 aromatic heterocycles. The van der Waals surface area contributed by atoms with Crippen molar-refractivity contribution < 1.29 is 19.4 Å². The highest BCUT2D eigenvalue weighted by molar-refractivity contribution is 5.89. The normalized spacial score (nSPS) is 26.6. The summed E-state index contributed by atoms with van der Waals surface area (Å²) in [5.74, 6) is 1.75. The van der Waals surface area contributed by atoms with Crippen molar-refractivity contribution in [2.45, 2.75) is 32.0 Å². The Bertz CT molecular complexity index is 859. The zero-order chi connectivity index (χ0) is 19.7. The van der Waals surface area contributed by atoms with Crippen molar-refractivity contribution in [2.24, 2.45) is 11.8 Å². The fourth-order valence-corrected chi connectivity index (χ4v) is 4.26. The van der Waals surface area contributed by atoms with E-state index in [1.54, 1.807) is 30.5 Å². The number of aliphatic hydroxyl groups excluding tert-OH is 1. The van der Waals surface area contributed by atoms with E-state index in [1.807, 2.05) is 13.0 Å². The summed E-state index contributed by atoms with van der Waals surface area (Å²) in [6.45, 7) is 3.68.